The largest absolute Gasteiger partial charge is 0.464 e. The van der Waals surface area contributed by atoms with Gasteiger partial charge < -0.3 is 20.0 Å². The summed E-state index contributed by atoms with van der Waals surface area (Å²) in [6.45, 7) is -0.0216. The fraction of sp³-hybridized carbons (Fsp3) is 0.0526. The minimum absolute atomic E-state index is 0.0216. The molecule has 0 aliphatic heterocycles. The molecule has 27 heavy (non-hydrogen) atoms. The Morgan fingerprint density at radius 3 is 2.78 bits per heavy atom. The minimum Gasteiger partial charge on any atom is -0.464 e. The van der Waals surface area contributed by atoms with Crippen LogP contribution in [0.1, 0.15) is 15.9 Å². The number of carbonyl (C=O) groups is 1. The predicted octanol–water partition coefficient (Wildman–Crippen LogP) is 3.88. The number of furan rings is 1. The lowest BCUT2D eigenvalue weighted by molar-refractivity contribution is 0.0952. The molecular formula is C19H13F2N3O3. The number of nitrogens with two attached hydrogens (primary N) is 1. The molecule has 0 saturated heterocycles. The van der Waals surface area contributed by atoms with Crippen LogP contribution in [0.4, 0.5) is 14.7 Å². The number of carbonyl (C=O) groups excluding carboxylic acids is 1. The summed E-state index contributed by atoms with van der Waals surface area (Å²) in [5.74, 6) is -2.66. The van der Waals surface area contributed by atoms with Crippen LogP contribution in [-0.2, 0) is 6.54 Å². The smallest absolute Gasteiger partial charge is 0.259 e. The van der Waals surface area contributed by atoms with Crippen molar-refractivity contribution in [2.75, 3.05) is 5.73 Å². The Labute approximate surface area is 151 Å². The van der Waals surface area contributed by atoms with E-state index >= 15 is 0 Å². The molecule has 0 spiro atoms. The molecule has 0 radical (unpaired) electrons. The first-order chi connectivity index (χ1) is 13.0. The minimum atomic E-state index is -0.989. The van der Waals surface area contributed by atoms with Gasteiger partial charge in [0.05, 0.1) is 5.56 Å². The number of aromatic nitrogens is 1. The summed E-state index contributed by atoms with van der Waals surface area (Å²) in [6, 6.07) is 10.6. The Morgan fingerprint density at radius 1 is 1.15 bits per heavy atom. The standard InChI is InChI=1S/C19H13F2N3O3/c20-13-6-5-10(7-14(13)21)8-23-19(25)16-17(24-27-18(16)22)12-9-26-15-4-2-1-3-11(12)15/h1-7,9H,8,22H2,(H,23,25). The molecule has 0 fully saturated rings. The van der Waals surface area contributed by atoms with E-state index < -0.39 is 17.5 Å². The molecule has 0 unspecified atom stereocenters. The van der Waals surface area contributed by atoms with E-state index in [4.69, 9.17) is 14.7 Å². The monoisotopic (exact) mass is 369 g/mol. The highest BCUT2D eigenvalue weighted by atomic mass is 19.2. The zero-order valence-corrected chi connectivity index (χ0v) is 13.8. The van der Waals surface area contributed by atoms with E-state index in [9.17, 15) is 13.6 Å². The van der Waals surface area contributed by atoms with Gasteiger partial charge in [0.15, 0.2) is 11.6 Å². The van der Waals surface area contributed by atoms with Crippen molar-refractivity contribution in [1.82, 2.24) is 10.5 Å². The number of fused-ring (bicyclic) bond motifs is 1. The molecule has 0 saturated carbocycles. The molecule has 4 aromatic rings. The van der Waals surface area contributed by atoms with Crippen molar-refractivity contribution in [2.24, 2.45) is 0 Å². The van der Waals surface area contributed by atoms with Crippen LogP contribution >= 0.6 is 0 Å². The van der Waals surface area contributed by atoms with E-state index in [1.54, 1.807) is 6.07 Å². The van der Waals surface area contributed by atoms with Gasteiger partial charge in [0, 0.05) is 11.9 Å². The van der Waals surface area contributed by atoms with Gasteiger partial charge >= 0.3 is 0 Å². The molecular weight excluding hydrogens is 356 g/mol. The quantitative estimate of drug-likeness (QED) is 0.569. The topological polar surface area (TPSA) is 94.3 Å². The van der Waals surface area contributed by atoms with Gasteiger partial charge in [-0.05, 0) is 23.8 Å². The van der Waals surface area contributed by atoms with Crippen LogP contribution in [0.2, 0.25) is 0 Å². The number of nitrogens with one attached hydrogen (secondary N) is 1. The summed E-state index contributed by atoms with van der Waals surface area (Å²) in [5, 5.41) is 7.23. The Hall–Kier alpha value is -3.68. The van der Waals surface area contributed by atoms with Gasteiger partial charge in [0.1, 0.15) is 23.1 Å². The Balaban J connectivity index is 1.63. The fourth-order valence-electron chi connectivity index (χ4n) is 2.79. The number of amides is 1. The highest BCUT2D eigenvalue weighted by molar-refractivity contribution is 6.06. The molecule has 0 aliphatic rings. The van der Waals surface area contributed by atoms with Gasteiger partial charge in [-0.2, -0.15) is 0 Å². The highest BCUT2D eigenvalue weighted by Crippen LogP contribution is 2.34. The Kier molecular flexibility index (Phi) is 4.08. The summed E-state index contributed by atoms with van der Waals surface area (Å²) in [4.78, 5) is 12.6. The molecule has 3 N–H and O–H groups in total. The number of hydrogen-bond donors (Lipinski definition) is 2. The second kappa shape index (κ2) is 6.56. The van der Waals surface area contributed by atoms with E-state index in [0.29, 0.717) is 16.7 Å². The number of benzene rings is 2. The van der Waals surface area contributed by atoms with E-state index in [-0.39, 0.29) is 23.7 Å². The number of rotatable bonds is 4. The maximum Gasteiger partial charge on any atom is 0.259 e. The molecule has 4 rings (SSSR count). The van der Waals surface area contributed by atoms with Crippen LogP contribution in [0.15, 0.2) is 57.7 Å². The molecule has 2 aromatic carbocycles. The van der Waals surface area contributed by atoms with E-state index in [1.165, 1.54) is 12.3 Å². The maximum absolute atomic E-state index is 13.3. The van der Waals surface area contributed by atoms with Crippen molar-refractivity contribution in [3.8, 4) is 11.3 Å². The first kappa shape index (κ1) is 16.8. The van der Waals surface area contributed by atoms with E-state index in [1.807, 2.05) is 18.2 Å². The second-order valence-corrected chi connectivity index (χ2v) is 5.85. The van der Waals surface area contributed by atoms with Gasteiger partial charge in [0.2, 0.25) is 5.88 Å². The summed E-state index contributed by atoms with van der Waals surface area (Å²) in [7, 11) is 0. The second-order valence-electron chi connectivity index (χ2n) is 5.85. The summed E-state index contributed by atoms with van der Waals surface area (Å²) < 4.78 is 36.8. The SMILES string of the molecule is Nc1onc(-c2coc3ccccc23)c1C(=O)NCc1ccc(F)c(F)c1. The summed E-state index contributed by atoms with van der Waals surface area (Å²) in [6.07, 6.45) is 1.47. The molecule has 0 aliphatic carbocycles. The van der Waals surface area contributed by atoms with Crippen molar-refractivity contribution in [2.45, 2.75) is 6.54 Å². The predicted molar refractivity (Wildman–Crippen MR) is 93.7 cm³/mol. The summed E-state index contributed by atoms with van der Waals surface area (Å²) >= 11 is 0. The molecule has 2 heterocycles. The molecule has 1 amide bonds. The van der Waals surface area contributed by atoms with Crippen molar-refractivity contribution < 1.29 is 22.5 Å². The number of halogens is 2. The third kappa shape index (κ3) is 3.01. The lowest BCUT2D eigenvalue weighted by Crippen LogP contribution is -2.24. The van der Waals surface area contributed by atoms with Gasteiger partial charge in [-0.3, -0.25) is 4.79 Å². The zero-order valence-electron chi connectivity index (χ0n) is 13.8. The van der Waals surface area contributed by atoms with Gasteiger partial charge in [-0.15, -0.1) is 0 Å². The van der Waals surface area contributed by atoms with Gasteiger partial charge in [-0.25, -0.2) is 8.78 Å². The van der Waals surface area contributed by atoms with Crippen molar-refractivity contribution in [3.63, 3.8) is 0 Å². The fourth-order valence-corrected chi connectivity index (χ4v) is 2.79. The van der Waals surface area contributed by atoms with Crippen molar-refractivity contribution in [1.29, 1.82) is 0 Å². The lowest BCUT2D eigenvalue weighted by atomic mass is 10.1. The number of para-hydroxylation sites is 1. The maximum atomic E-state index is 13.3. The van der Waals surface area contributed by atoms with Crippen molar-refractivity contribution >= 4 is 22.8 Å². The summed E-state index contributed by atoms with van der Waals surface area (Å²) in [5.41, 5.74) is 7.64. The first-order valence-electron chi connectivity index (χ1n) is 7.98. The highest BCUT2D eigenvalue weighted by Gasteiger charge is 2.24. The van der Waals surface area contributed by atoms with Crippen LogP contribution < -0.4 is 11.1 Å². The Bertz CT molecular complexity index is 1150. The van der Waals surface area contributed by atoms with Crippen LogP contribution in [0.5, 0.6) is 0 Å². The molecule has 0 bridgehead atoms. The zero-order chi connectivity index (χ0) is 19.0. The van der Waals surface area contributed by atoms with Crippen molar-refractivity contribution in [3.05, 3.63) is 71.5 Å². The van der Waals surface area contributed by atoms with E-state index in [2.05, 4.69) is 10.5 Å². The molecule has 0 atom stereocenters. The molecule has 2 aromatic heterocycles. The van der Waals surface area contributed by atoms with E-state index in [0.717, 1.165) is 17.5 Å². The third-order valence-electron chi connectivity index (χ3n) is 4.12. The number of anilines is 1. The van der Waals surface area contributed by atoms with Crippen LogP contribution in [0, 0.1) is 11.6 Å². The van der Waals surface area contributed by atoms with Gasteiger partial charge in [0.25, 0.3) is 5.91 Å². The van der Waals surface area contributed by atoms with Gasteiger partial charge in [-0.1, -0.05) is 29.4 Å². The van der Waals surface area contributed by atoms with Crippen LogP contribution in [0.25, 0.3) is 22.2 Å². The lowest BCUT2D eigenvalue weighted by Gasteiger charge is -2.06. The molecule has 136 valence electrons. The molecule has 6 nitrogen and oxygen atoms in total. The first-order valence-corrected chi connectivity index (χ1v) is 7.98. The number of nitrogen functional groups attached to an aromatic ring is 1. The average Bonchev–Trinajstić information content (AvgIpc) is 3.25. The average molecular weight is 369 g/mol. The van der Waals surface area contributed by atoms with Crippen LogP contribution in [-0.4, -0.2) is 11.1 Å². The van der Waals surface area contributed by atoms with Crippen LogP contribution in [0.3, 0.4) is 0 Å². The Morgan fingerprint density at radius 2 is 1.96 bits per heavy atom. The number of hydrogen-bond acceptors (Lipinski definition) is 5. The molecule has 8 heteroatoms. The normalized spacial score (nSPS) is 11.0. The number of nitrogens with zero attached hydrogens (tertiary/aromatic N) is 1. The third-order valence-corrected chi connectivity index (χ3v) is 4.12.